The van der Waals surface area contributed by atoms with E-state index >= 15 is 0 Å². The molecule has 0 unspecified atom stereocenters. The fraction of sp³-hybridized carbons (Fsp3) is 0.357. The molecule has 2 heterocycles. The van der Waals surface area contributed by atoms with Crippen LogP contribution in [0.15, 0.2) is 36.5 Å². The van der Waals surface area contributed by atoms with E-state index < -0.39 is 0 Å². The zero-order valence-electron chi connectivity index (χ0n) is 10.8. The highest BCUT2D eigenvalue weighted by Crippen LogP contribution is 2.26. The molecular formula is C14H21BrN2O2. The zero-order chi connectivity index (χ0) is 10.8. The Balaban J connectivity index is 0.00000108. The molecule has 4 nitrogen and oxygen atoms in total. The number of anilines is 1. The van der Waals surface area contributed by atoms with Gasteiger partial charge in [-0.2, -0.15) is 0 Å². The number of pyridine rings is 1. The first-order chi connectivity index (χ1) is 7.95. The van der Waals surface area contributed by atoms with E-state index in [1.54, 1.807) is 0 Å². The van der Waals surface area contributed by atoms with Crippen LogP contribution in [0.2, 0.25) is 0 Å². The molecule has 1 aromatic carbocycles. The van der Waals surface area contributed by atoms with Crippen molar-refractivity contribution in [3.63, 3.8) is 0 Å². The summed E-state index contributed by atoms with van der Waals surface area (Å²) in [4.78, 5) is 6.98. The van der Waals surface area contributed by atoms with Crippen molar-refractivity contribution in [1.82, 2.24) is 4.98 Å². The number of rotatable bonds is 1. The number of piperidine rings is 1. The molecule has 0 spiro atoms. The number of halogens is 1. The van der Waals surface area contributed by atoms with Crippen LogP contribution in [0.4, 0.5) is 5.82 Å². The third kappa shape index (κ3) is 3.65. The van der Waals surface area contributed by atoms with Crippen molar-refractivity contribution >= 4 is 33.6 Å². The van der Waals surface area contributed by atoms with Crippen LogP contribution >= 0.6 is 17.0 Å². The van der Waals surface area contributed by atoms with Crippen LogP contribution in [0, 0.1) is 0 Å². The Morgan fingerprint density at radius 3 is 2.32 bits per heavy atom. The highest BCUT2D eigenvalue weighted by atomic mass is 79.9. The fourth-order valence-electron chi connectivity index (χ4n) is 2.46. The lowest BCUT2D eigenvalue weighted by Crippen LogP contribution is -2.30. The molecule has 4 N–H and O–H groups in total. The topological polar surface area (TPSA) is 79.1 Å². The summed E-state index contributed by atoms with van der Waals surface area (Å²) in [5.41, 5.74) is 0. The molecule has 1 aliphatic heterocycles. The van der Waals surface area contributed by atoms with Gasteiger partial charge in [0.25, 0.3) is 0 Å². The molecule has 1 aromatic heterocycles. The second kappa shape index (κ2) is 8.09. The maximum absolute atomic E-state index is 4.56. The first kappa shape index (κ1) is 17.8. The molecule has 0 amide bonds. The molecule has 1 fully saturated rings. The summed E-state index contributed by atoms with van der Waals surface area (Å²) in [6, 6.07) is 10.6. The summed E-state index contributed by atoms with van der Waals surface area (Å²) in [5.74, 6) is 1.16. The van der Waals surface area contributed by atoms with Gasteiger partial charge in [-0.05, 0) is 30.7 Å². The van der Waals surface area contributed by atoms with Crippen molar-refractivity contribution in [3.8, 4) is 0 Å². The van der Waals surface area contributed by atoms with E-state index in [-0.39, 0.29) is 27.9 Å². The summed E-state index contributed by atoms with van der Waals surface area (Å²) < 4.78 is 0. The molecule has 0 atom stereocenters. The molecule has 19 heavy (non-hydrogen) atoms. The lowest BCUT2D eigenvalue weighted by Gasteiger charge is -2.28. The first-order valence-electron chi connectivity index (χ1n) is 6.04. The van der Waals surface area contributed by atoms with E-state index in [4.69, 9.17) is 0 Å². The molecule has 0 radical (unpaired) electrons. The minimum absolute atomic E-state index is 0. The number of aromatic nitrogens is 1. The van der Waals surface area contributed by atoms with E-state index in [2.05, 4.69) is 40.2 Å². The van der Waals surface area contributed by atoms with Crippen LogP contribution in [0.5, 0.6) is 0 Å². The summed E-state index contributed by atoms with van der Waals surface area (Å²) in [5, 5.41) is 2.57. The average Bonchev–Trinajstić information content (AvgIpc) is 2.39. The van der Waals surface area contributed by atoms with Crippen molar-refractivity contribution in [1.29, 1.82) is 0 Å². The number of hydrogen-bond donors (Lipinski definition) is 0. The minimum atomic E-state index is 0. The SMILES string of the molecule is Br.O.O.c1ccc2c(N3CCCCC3)nccc2c1. The molecule has 0 aliphatic carbocycles. The van der Waals surface area contributed by atoms with Crippen LogP contribution in [-0.4, -0.2) is 29.0 Å². The van der Waals surface area contributed by atoms with Gasteiger partial charge in [0, 0.05) is 24.7 Å². The second-order valence-corrected chi connectivity index (χ2v) is 4.40. The summed E-state index contributed by atoms with van der Waals surface area (Å²) >= 11 is 0. The lowest BCUT2D eigenvalue weighted by atomic mass is 10.1. The van der Waals surface area contributed by atoms with E-state index in [1.807, 2.05) is 6.20 Å². The highest BCUT2D eigenvalue weighted by Gasteiger charge is 2.13. The summed E-state index contributed by atoms with van der Waals surface area (Å²) in [6.07, 6.45) is 5.88. The Morgan fingerprint density at radius 1 is 0.895 bits per heavy atom. The normalized spacial score (nSPS) is 14.0. The van der Waals surface area contributed by atoms with E-state index in [0.29, 0.717) is 0 Å². The van der Waals surface area contributed by atoms with E-state index in [9.17, 15) is 0 Å². The second-order valence-electron chi connectivity index (χ2n) is 4.40. The van der Waals surface area contributed by atoms with Crippen LogP contribution in [0.3, 0.4) is 0 Å². The molecule has 5 heteroatoms. The maximum Gasteiger partial charge on any atom is 0.136 e. The van der Waals surface area contributed by atoms with Crippen molar-refractivity contribution in [2.24, 2.45) is 0 Å². The van der Waals surface area contributed by atoms with Gasteiger partial charge in [-0.15, -0.1) is 17.0 Å². The van der Waals surface area contributed by atoms with Crippen molar-refractivity contribution < 1.29 is 11.0 Å². The minimum Gasteiger partial charge on any atom is -0.412 e. The lowest BCUT2D eigenvalue weighted by molar-refractivity contribution is 0.575. The molecule has 1 aliphatic rings. The smallest absolute Gasteiger partial charge is 0.136 e. The predicted octanol–water partition coefficient (Wildman–Crippen LogP) is 2.15. The van der Waals surface area contributed by atoms with Crippen LogP contribution < -0.4 is 4.90 Å². The van der Waals surface area contributed by atoms with Gasteiger partial charge in [-0.1, -0.05) is 24.3 Å². The Labute approximate surface area is 123 Å². The Kier molecular flexibility index (Phi) is 7.59. The fourth-order valence-corrected chi connectivity index (χ4v) is 2.46. The van der Waals surface area contributed by atoms with Gasteiger partial charge in [0.15, 0.2) is 0 Å². The van der Waals surface area contributed by atoms with Crippen molar-refractivity contribution in [2.75, 3.05) is 18.0 Å². The number of benzene rings is 1. The standard InChI is InChI=1S/C14H16N2.BrH.2H2O/c1-4-10-16(11-5-1)14-13-7-3-2-6-12(13)8-9-15-14;;;/h2-3,6-9H,1,4-5,10-11H2;1H;2*1H2. The zero-order valence-corrected chi connectivity index (χ0v) is 12.5. The van der Waals surface area contributed by atoms with Gasteiger partial charge in [-0.3, -0.25) is 0 Å². The molecule has 0 saturated carbocycles. The van der Waals surface area contributed by atoms with Crippen molar-refractivity contribution in [2.45, 2.75) is 19.3 Å². The maximum atomic E-state index is 4.56. The molecular weight excluding hydrogens is 308 g/mol. The van der Waals surface area contributed by atoms with Gasteiger partial charge in [0.1, 0.15) is 5.82 Å². The Morgan fingerprint density at radius 2 is 1.58 bits per heavy atom. The highest BCUT2D eigenvalue weighted by molar-refractivity contribution is 8.93. The van der Waals surface area contributed by atoms with Gasteiger partial charge in [0.2, 0.25) is 0 Å². The molecule has 0 bridgehead atoms. The Bertz CT molecular complexity index is 496. The number of hydrogen-bond acceptors (Lipinski definition) is 2. The molecule has 106 valence electrons. The number of fused-ring (bicyclic) bond motifs is 1. The van der Waals surface area contributed by atoms with Gasteiger partial charge in [0.05, 0.1) is 0 Å². The molecule has 3 rings (SSSR count). The van der Waals surface area contributed by atoms with Gasteiger partial charge in [-0.25, -0.2) is 4.98 Å². The quantitative estimate of drug-likeness (QED) is 0.803. The Hall–Kier alpha value is -1.17. The first-order valence-corrected chi connectivity index (χ1v) is 6.04. The molecule has 2 aromatic rings. The van der Waals surface area contributed by atoms with E-state index in [0.717, 1.165) is 18.9 Å². The predicted molar refractivity (Wildman–Crippen MR) is 85.4 cm³/mol. The summed E-state index contributed by atoms with van der Waals surface area (Å²) in [7, 11) is 0. The van der Waals surface area contributed by atoms with Crippen LogP contribution in [-0.2, 0) is 0 Å². The van der Waals surface area contributed by atoms with Crippen LogP contribution in [0.1, 0.15) is 19.3 Å². The third-order valence-electron chi connectivity index (χ3n) is 3.31. The third-order valence-corrected chi connectivity index (χ3v) is 3.31. The average molecular weight is 329 g/mol. The monoisotopic (exact) mass is 328 g/mol. The van der Waals surface area contributed by atoms with Crippen LogP contribution in [0.25, 0.3) is 10.8 Å². The number of nitrogens with zero attached hydrogens (tertiary/aromatic N) is 2. The largest absolute Gasteiger partial charge is 0.412 e. The summed E-state index contributed by atoms with van der Waals surface area (Å²) in [6.45, 7) is 2.31. The van der Waals surface area contributed by atoms with E-state index in [1.165, 1.54) is 30.0 Å². The van der Waals surface area contributed by atoms with Gasteiger partial charge < -0.3 is 15.9 Å². The van der Waals surface area contributed by atoms with Gasteiger partial charge >= 0.3 is 0 Å². The van der Waals surface area contributed by atoms with Crippen molar-refractivity contribution in [3.05, 3.63) is 36.5 Å². The molecule has 1 saturated heterocycles.